The van der Waals surface area contributed by atoms with Gasteiger partial charge in [-0.05, 0) is 24.5 Å². The van der Waals surface area contributed by atoms with Gasteiger partial charge in [-0.3, -0.25) is 0 Å². The van der Waals surface area contributed by atoms with Crippen LogP contribution in [0.25, 0.3) is 0 Å². The van der Waals surface area contributed by atoms with Crippen molar-refractivity contribution < 1.29 is 9.94 Å². The third-order valence-corrected chi connectivity index (χ3v) is 1.79. The molecule has 3 nitrogen and oxygen atoms in total. The summed E-state index contributed by atoms with van der Waals surface area (Å²) in [5, 5.41) is 12.5. The second kappa shape index (κ2) is 6.16. The van der Waals surface area contributed by atoms with Crippen LogP contribution in [0.3, 0.4) is 0 Å². The van der Waals surface area contributed by atoms with E-state index in [1.807, 2.05) is 31.2 Å². The Bertz CT molecular complexity index is 280. The highest BCUT2D eigenvalue weighted by Gasteiger charge is 1.91. The van der Waals surface area contributed by atoms with Crippen molar-refractivity contribution in [2.45, 2.75) is 13.3 Å². The lowest BCUT2D eigenvalue weighted by Crippen LogP contribution is -1.91. The van der Waals surface area contributed by atoms with Crippen molar-refractivity contribution in [3.63, 3.8) is 0 Å². The van der Waals surface area contributed by atoms with E-state index < -0.39 is 0 Å². The predicted octanol–water partition coefficient (Wildman–Crippen LogP) is 1.59. The molecule has 3 heteroatoms. The quantitative estimate of drug-likeness (QED) is 0.570. The molecule has 1 N–H and O–H groups in total. The topological polar surface area (TPSA) is 41.8 Å². The predicted molar refractivity (Wildman–Crippen MR) is 56.5 cm³/mol. The SMILES string of the molecule is CCO/N=C/c1ccc(CCO)cc1. The molecule has 0 amide bonds. The third kappa shape index (κ3) is 3.58. The molecule has 0 saturated heterocycles. The van der Waals surface area contributed by atoms with Crippen LogP contribution < -0.4 is 0 Å². The Hall–Kier alpha value is -1.35. The zero-order valence-corrected chi connectivity index (χ0v) is 8.31. The molecule has 1 aromatic carbocycles. The Kier molecular flexibility index (Phi) is 4.72. The van der Waals surface area contributed by atoms with Crippen molar-refractivity contribution in [3.05, 3.63) is 35.4 Å². The van der Waals surface area contributed by atoms with Gasteiger partial charge < -0.3 is 9.94 Å². The first-order chi connectivity index (χ1) is 6.86. The molecule has 0 aromatic heterocycles. The van der Waals surface area contributed by atoms with E-state index in [4.69, 9.17) is 9.94 Å². The fraction of sp³-hybridized carbons (Fsp3) is 0.364. The van der Waals surface area contributed by atoms with Gasteiger partial charge in [0.1, 0.15) is 6.61 Å². The Morgan fingerprint density at radius 3 is 2.64 bits per heavy atom. The average molecular weight is 193 g/mol. The van der Waals surface area contributed by atoms with Crippen LogP contribution in [0.5, 0.6) is 0 Å². The van der Waals surface area contributed by atoms with Gasteiger partial charge in [-0.1, -0.05) is 29.4 Å². The number of rotatable bonds is 5. The summed E-state index contributed by atoms with van der Waals surface area (Å²) in [7, 11) is 0. The zero-order chi connectivity index (χ0) is 10.2. The molecule has 0 aliphatic rings. The maximum Gasteiger partial charge on any atom is 0.114 e. The van der Waals surface area contributed by atoms with Crippen LogP contribution >= 0.6 is 0 Å². The van der Waals surface area contributed by atoms with Gasteiger partial charge in [-0.2, -0.15) is 0 Å². The summed E-state index contributed by atoms with van der Waals surface area (Å²) >= 11 is 0. The first-order valence-corrected chi connectivity index (χ1v) is 4.72. The van der Waals surface area contributed by atoms with Crippen molar-refractivity contribution in [2.24, 2.45) is 5.16 Å². The summed E-state index contributed by atoms with van der Waals surface area (Å²) in [5.74, 6) is 0. The van der Waals surface area contributed by atoms with E-state index >= 15 is 0 Å². The van der Waals surface area contributed by atoms with Crippen LogP contribution in [0, 0.1) is 0 Å². The number of hydrogen-bond donors (Lipinski definition) is 1. The summed E-state index contributed by atoms with van der Waals surface area (Å²) in [6.07, 6.45) is 2.37. The van der Waals surface area contributed by atoms with E-state index in [-0.39, 0.29) is 6.61 Å². The monoisotopic (exact) mass is 193 g/mol. The molecule has 0 aliphatic heterocycles. The van der Waals surface area contributed by atoms with Crippen molar-refractivity contribution in [2.75, 3.05) is 13.2 Å². The molecular formula is C11H15NO2. The molecule has 1 rings (SSSR count). The van der Waals surface area contributed by atoms with Crippen LogP contribution in [0.15, 0.2) is 29.4 Å². The van der Waals surface area contributed by atoms with Crippen LogP contribution in [0.4, 0.5) is 0 Å². The molecule has 14 heavy (non-hydrogen) atoms. The van der Waals surface area contributed by atoms with Crippen LogP contribution in [-0.4, -0.2) is 24.5 Å². The third-order valence-electron chi connectivity index (χ3n) is 1.79. The highest BCUT2D eigenvalue weighted by Crippen LogP contribution is 2.03. The van der Waals surface area contributed by atoms with E-state index in [0.717, 1.165) is 11.1 Å². The fourth-order valence-electron chi connectivity index (χ4n) is 1.07. The lowest BCUT2D eigenvalue weighted by molar-refractivity contribution is 0.160. The van der Waals surface area contributed by atoms with E-state index in [1.54, 1.807) is 6.21 Å². The van der Waals surface area contributed by atoms with E-state index in [1.165, 1.54) is 0 Å². The van der Waals surface area contributed by atoms with Gasteiger partial charge in [0.05, 0.1) is 6.21 Å². The maximum absolute atomic E-state index is 8.72. The number of oxime groups is 1. The lowest BCUT2D eigenvalue weighted by atomic mass is 10.1. The van der Waals surface area contributed by atoms with Gasteiger partial charge in [-0.15, -0.1) is 0 Å². The summed E-state index contributed by atoms with van der Waals surface area (Å²) in [5.41, 5.74) is 2.13. The van der Waals surface area contributed by atoms with Crippen molar-refractivity contribution in [1.82, 2.24) is 0 Å². The second-order valence-corrected chi connectivity index (χ2v) is 2.87. The van der Waals surface area contributed by atoms with Gasteiger partial charge in [0.15, 0.2) is 0 Å². The smallest absolute Gasteiger partial charge is 0.114 e. The molecule has 0 fully saturated rings. The molecule has 0 aliphatic carbocycles. The minimum atomic E-state index is 0.187. The normalized spacial score (nSPS) is 10.7. The molecule has 76 valence electrons. The summed E-state index contributed by atoms with van der Waals surface area (Å²) in [6.45, 7) is 2.66. The van der Waals surface area contributed by atoms with Crippen LogP contribution in [-0.2, 0) is 11.3 Å². The Morgan fingerprint density at radius 1 is 1.36 bits per heavy atom. The van der Waals surface area contributed by atoms with E-state index in [0.29, 0.717) is 13.0 Å². The minimum Gasteiger partial charge on any atom is -0.396 e. The summed E-state index contributed by atoms with van der Waals surface area (Å²) in [6, 6.07) is 7.86. The van der Waals surface area contributed by atoms with Crippen molar-refractivity contribution in [3.8, 4) is 0 Å². The van der Waals surface area contributed by atoms with Crippen molar-refractivity contribution in [1.29, 1.82) is 0 Å². The van der Waals surface area contributed by atoms with E-state index in [9.17, 15) is 0 Å². The Balaban J connectivity index is 2.54. The Morgan fingerprint density at radius 2 is 2.07 bits per heavy atom. The molecule has 0 atom stereocenters. The number of nitrogens with zero attached hydrogens (tertiary/aromatic N) is 1. The van der Waals surface area contributed by atoms with E-state index in [2.05, 4.69) is 5.16 Å². The summed E-state index contributed by atoms with van der Waals surface area (Å²) in [4.78, 5) is 4.84. The maximum atomic E-state index is 8.72. The first-order valence-electron chi connectivity index (χ1n) is 4.72. The molecule has 0 spiro atoms. The van der Waals surface area contributed by atoms with Gasteiger partial charge in [-0.25, -0.2) is 0 Å². The van der Waals surface area contributed by atoms with Gasteiger partial charge in [0.25, 0.3) is 0 Å². The lowest BCUT2D eigenvalue weighted by Gasteiger charge is -1.98. The van der Waals surface area contributed by atoms with Crippen molar-refractivity contribution >= 4 is 6.21 Å². The minimum absolute atomic E-state index is 0.187. The van der Waals surface area contributed by atoms with Crippen LogP contribution in [0.1, 0.15) is 18.1 Å². The highest BCUT2D eigenvalue weighted by atomic mass is 16.6. The Labute approximate surface area is 84.0 Å². The van der Waals surface area contributed by atoms with Crippen LogP contribution in [0.2, 0.25) is 0 Å². The standard InChI is InChI=1S/C11H15NO2/c1-2-14-12-9-11-5-3-10(4-6-11)7-8-13/h3-6,9,13H,2,7-8H2,1H3/b12-9+. The molecule has 0 saturated carbocycles. The fourth-order valence-corrected chi connectivity index (χ4v) is 1.07. The molecular weight excluding hydrogens is 178 g/mol. The zero-order valence-electron chi connectivity index (χ0n) is 8.31. The molecule has 0 bridgehead atoms. The average Bonchev–Trinajstić information content (AvgIpc) is 2.21. The largest absolute Gasteiger partial charge is 0.396 e. The molecule has 0 unspecified atom stereocenters. The second-order valence-electron chi connectivity index (χ2n) is 2.87. The number of aliphatic hydroxyl groups is 1. The molecule has 0 radical (unpaired) electrons. The van der Waals surface area contributed by atoms with Gasteiger partial charge in [0, 0.05) is 6.61 Å². The molecule has 1 aromatic rings. The summed E-state index contributed by atoms with van der Waals surface area (Å²) < 4.78 is 0. The molecule has 0 heterocycles. The number of aliphatic hydroxyl groups excluding tert-OH is 1. The number of hydrogen-bond acceptors (Lipinski definition) is 3. The number of benzene rings is 1. The highest BCUT2D eigenvalue weighted by molar-refractivity contribution is 5.79. The first kappa shape index (κ1) is 10.7. The van der Waals surface area contributed by atoms with Gasteiger partial charge in [0.2, 0.25) is 0 Å². The van der Waals surface area contributed by atoms with Gasteiger partial charge >= 0.3 is 0 Å².